The van der Waals surface area contributed by atoms with Crippen LogP contribution in [0, 0.1) is 0 Å². The largest absolute Gasteiger partial charge is 0.744 e. The predicted octanol–water partition coefficient (Wildman–Crippen LogP) is -4.16. The van der Waals surface area contributed by atoms with Gasteiger partial charge in [-0.05, 0) is 57.9 Å². The van der Waals surface area contributed by atoms with E-state index in [1.165, 1.54) is 36.4 Å². The van der Waals surface area contributed by atoms with Crippen molar-refractivity contribution in [3.63, 3.8) is 0 Å². The first-order valence-electron chi connectivity index (χ1n) is 7.77. The zero-order valence-electron chi connectivity index (χ0n) is 15.3. The molecule has 3 aromatic rings. The van der Waals surface area contributed by atoms with E-state index in [9.17, 15) is 25.9 Å². The van der Waals surface area contributed by atoms with Crippen LogP contribution in [0.15, 0.2) is 58.3 Å². The van der Waals surface area contributed by atoms with Crippen molar-refractivity contribution in [1.29, 1.82) is 0 Å². The molecule has 3 rings (SSSR count). The van der Waals surface area contributed by atoms with E-state index in [1.54, 1.807) is 12.1 Å². The van der Waals surface area contributed by atoms with Gasteiger partial charge in [-0.1, -0.05) is 12.1 Å². The molecule has 30 heavy (non-hydrogen) atoms. The summed E-state index contributed by atoms with van der Waals surface area (Å²) in [7, 11) is -9.09. The van der Waals surface area contributed by atoms with Crippen molar-refractivity contribution < 1.29 is 36.8 Å². The molecule has 0 unspecified atom stereocenters. The monoisotopic (exact) mass is 456 g/mol. The number of benzene rings is 3. The van der Waals surface area contributed by atoms with E-state index in [-0.39, 0.29) is 21.7 Å². The van der Waals surface area contributed by atoms with Gasteiger partial charge >= 0.3 is 11.9 Å². The standard InChI is InChI=1S/C14H10O6S2.2CH5N3/c15-21(16,17)13-3-1-9-5-12-8-14(22(18,19)20)4-2-10(12)6-11(9)7-13;2*2-1(3)4/h1-8H,(H,15,16,17)(H,18,19,20);2*(H5,2,3,4). The summed E-state index contributed by atoms with van der Waals surface area (Å²) in [6, 6.07) is 11.1. The smallest absolute Gasteiger partial charge is 0.336 e. The second kappa shape index (κ2) is 9.36. The van der Waals surface area contributed by atoms with Crippen LogP contribution < -0.4 is 33.8 Å². The van der Waals surface area contributed by atoms with Crippen molar-refractivity contribution in [2.45, 2.75) is 9.79 Å². The van der Waals surface area contributed by atoms with Gasteiger partial charge in [0.05, 0.1) is 9.79 Å². The van der Waals surface area contributed by atoms with E-state index in [1.807, 2.05) is 0 Å². The molecular formula is C16H20N6O6S2. The topological polar surface area (TPSA) is 270 Å². The van der Waals surface area contributed by atoms with E-state index < -0.39 is 20.2 Å². The summed E-state index contributed by atoms with van der Waals surface area (Å²) in [4.78, 5) is -0.670. The molecule has 3 aromatic carbocycles. The van der Waals surface area contributed by atoms with Crippen LogP contribution in [0.5, 0.6) is 0 Å². The molecule has 0 amide bonds. The molecule has 0 saturated heterocycles. The Balaban J connectivity index is 0.000000485. The minimum absolute atomic E-state index is 0.0833. The second-order valence-electron chi connectivity index (χ2n) is 5.78. The number of fused-ring (bicyclic) bond motifs is 2. The van der Waals surface area contributed by atoms with Crippen LogP contribution in [-0.4, -0.2) is 37.9 Å². The van der Waals surface area contributed by atoms with E-state index in [4.69, 9.17) is 0 Å². The lowest BCUT2D eigenvalue weighted by Gasteiger charge is -2.11. The second-order valence-corrected chi connectivity index (χ2v) is 8.54. The minimum atomic E-state index is -4.54. The molecular weight excluding hydrogens is 436 g/mol. The Hall–Kier alpha value is -3.46. The van der Waals surface area contributed by atoms with Crippen LogP contribution in [0.2, 0.25) is 0 Å². The maximum atomic E-state index is 11.0. The SMILES string of the molecule is NC(N)=[NH2+].NC(N)=[NH2+].O=S(=O)([O-])c1ccc2cc3cc(S(=O)(=O)[O-])ccc3cc2c1. The first kappa shape index (κ1) is 24.6. The zero-order chi connectivity index (χ0) is 23.3. The zero-order valence-corrected chi connectivity index (χ0v) is 17.0. The minimum Gasteiger partial charge on any atom is -0.744 e. The highest BCUT2D eigenvalue weighted by Crippen LogP contribution is 2.27. The lowest BCUT2D eigenvalue weighted by molar-refractivity contribution is -0.117. The molecule has 12 N–H and O–H groups in total. The van der Waals surface area contributed by atoms with Crippen molar-refractivity contribution >= 4 is 53.7 Å². The summed E-state index contributed by atoms with van der Waals surface area (Å²) in [5, 5.41) is 11.5. The van der Waals surface area contributed by atoms with Crippen LogP contribution >= 0.6 is 0 Å². The predicted molar refractivity (Wildman–Crippen MR) is 108 cm³/mol. The molecule has 0 aromatic heterocycles. The van der Waals surface area contributed by atoms with Gasteiger partial charge in [-0.25, -0.2) is 16.8 Å². The number of nitrogens with two attached hydrogens (primary N) is 6. The molecule has 0 aliphatic carbocycles. The molecule has 0 aliphatic rings. The highest BCUT2D eigenvalue weighted by atomic mass is 32.2. The van der Waals surface area contributed by atoms with Gasteiger partial charge in [0, 0.05) is 0 Å². The third-order valence-electron chi connectivity index (χ3n) is 3.32. The molecule has 14 heteroatoms. The molecule has 0 saturated carbocycles. The highest BCUT2D eigenvalue weighted by molar-refractivity contribution is 7.86. The molecule has 12 nitrogen and oxygen atoms in total. The molecule has 0 heterocycles. The Morgan fingerprint density at radius 1 is 0.600 bits per heavy atom. The number of hydrogen-bond acceptors (Lipinski definition) is 6. The lowest BCUT2D eigenvalue weighted by atomic mass is 10.0. The fourth-order valence-corrected chi connectivity index (χ4v) is 3.28. The Labute approximate surface area is 172 Å². The third kappa shape index (κ3) is 7.51. The van der Waals surface area contributed by atoms with Crippen molar-refractivity contribution in [3.05, 3.63) is 48.5 Å². The molecule has 0 spiro atoms. The molecule has 0 atom stereocenters. The summed E-state index contributed by atoms with van der Waals surface area (Å²) in [5.74, 6) is -0.167. The number of guanidine groups is 2. The van der Waals surface area contributed by atoms with Gasteiger partial charge < -0.3 is 9.11 Å². The van der Waals surface area contributed by atoms with E-state index in [2.05, 4.69) is 33.8 Å². The summed E-state index contributed by atoms with van der Waals surface area (Å²) >= 11 is 0. The Morgan fingerprint density at radius 3 is 1.10 bits per heavy atom. The quantitative estimate of drug-likeness (QED) is 0.0936. The maximum Gasteiger partial charge on any atom is 0.336 e. The van der Waals surface area contributed by atoms with Crippen molar-refractivity contribution in [2.75, 3.05) is 0 Å². The summed E-state index contributed by atoms with van der Waals surface area (Å²) in [6.45, 7) is 0. The Morgan fingerprint density at radius 2 is 0.867 bits per heavy atom. The van der Waals surface area contributed by atoms with Crippen molar-refractivity contribution in [2.24, 2.45) is 22.9 Å². The lowest BCUT2D eigenvalue weighted by Crippen LogP contribution is -2.51. The summed E-state index contributed by atoms with van der Waals surface area (Å²) < 4.78 is 66.2. The number of hydrogen-bond donors (Lipinski definition) is 6. The van der Waals surface area contributed by atoms with Gasteiger partial charge in [-0.15, -0.1) is 0 Å². The fraction of sp³-hybridized carbons (Fsp3) is 0. The van der Waals surface area contributed by atoms with E-state index >= 15 is 0 Å². The fourth-order valence-electron chi connectivity index (χ4n) is 2.26. The van der Waals surface area contributed by atoms with Crippen LogP contribution in [0.1, 0.15) is 0 Å². The molecule has 0 fully saturated rings. The Kier molecular flexibility index (Phi) is 7.67. The molecule has 0 bridgehead atoms. The third-order valence-corrected chi connectivity index (χ3v) is 4.98. The van der Waals surface area contributed by atoms with Crippen LogP contribution in [0.3, 0.4) is 0 Å². The molecule has 0 radical (unpaired) electrons. The molecule has 0 aliphatic heterocycles. The molecule has 162 valence electrons. The number of rotatable bonds is 2. The first-order chi connectivity index (χ1) is 13.6. The summed E-state index contributed by atoms with van der Waals surface area (Å²) in [5.41, 5.74) is 18.3. The van der Waals surface area contributed by atoms with Crippen LogP contribution in [-0.2, 0) is 20.2 Å². The normalized spacial score (nSPS) is 11.0. The van der Waals surface area contributed by atoms with Gasteiger partial charge in [0.2, 0.25) is 0 Å². The maximum absolute atomic E-state index is 11.0. The van der Waals surface area contributed by atoms with Gasteiger partial charge in [-0.3, -0.25) is 33.8 Å². The van der Waals surface area contributed by atoms with E-state index in [0.29, 0.717) is 21.5 Å². The average Bonchev–Trinajstić information content (AvgIpc) is 2.56. The van der Waals surface area contributed by atoms with Gasteiger partial charge in [0.15, 0.2) is 0 Å². The Bertz CT molecular complexity index is 1210. The van der Waals surface area contributed by atoms with Gasteiger partial charge in [0.1, 0.15) is 20.2 Å². The van der Waals surface area contributed by atoms with Crippen molar-refractivity contribution in [1.82, 2.24) is 0 Å². The van der Waals surface area contributed by atoms with Gasteiger partial charge in [0.25, 0.3) is 0 Å². The highest BCUT2D eigenvalue weighted by Gasteiger charge is 2.06. The van der Waals surface area contributed by atoms with Gasteiger partial charge in [-0.2, -0.15) is 0 Å². The van der Waals surface area contributed by atoms with E-state index in [0.717, 1.165) is 0 Å². The average molecular weight is 457 g/mol. The van der Waals surface area contributed by atoms with Crippen LogP contribution in [0.25, 0.3) is 21.5 Å². The van der Waals surface area contributed by atoms with Crippen molar-refractivity contribution in [3.8, 4) is 0 Å². The first-order valence-corrected chi connectivity index (χ1v) is 10.6. The summed E-state index contributed by atoms with van der Waals surface area (Å²) in [6.07, 6.45) is 0. The van der Waals surface area contributed by atoms with Crippen LogP contribution in [0.4, 0.5) is 0 Å².